The number of para-hydroxylation sites is 1. The predicted molar refractivity (Wildman–Crippen MR) is 92.2 cm³/mol. The topological polar surface area (TPSA) is 102 Å². The third-order valence-electron chi connectivity index (χ3n) is 4.51. The quantitative estimate of drug-likeness (QED) is 0.769. The zero-order valence-electron chi connectivity index (χ0n) is 13.8. The van der Waals surface area contributed by atoms with Crippen molar-refractivity contribution in [1.29, 1.82) is 0 Å². The smallest absolute Gasteiger partial charge is 0.303 e. The minimum absolute atomic E-state index is 0.0161. The normalized spacial score (nSPS) is 15.3. The van der Waals surface area contributed by atoms with Gasteiger partial charge in [-0.05, 0) is 25.0 Å². The maximum Gasteiger partial charge on any atom is 0.303 e. The lowest BCUT2D eigenvalue weighted by atomic mass is 10.0. The first-order valence-electron chi connectivity index (χ1n) is 8.41. The molecule has 0 unspecified atom stereocenters. The van der Waals surface area contributed by atoms with Crippen LogP contribution in [0, 0.1) is 0 Å². The van der Waals surface area contributed by atoms with E-state index in [1.807, 2.05) is 30.3 Å². The number of nitrogens with zero attached hydrogens (tertiary/aromatic N) is 1. The van der Waals surface area contributed by atoms with Crippen molar-refractivity contribution in [3.8, 4) is 0 Å². The second-order valence-electron chi connectivity index (χ2n) is 6.29. The molecule has 3 N–H and O–H groups in total. The molecule has 0 spiro atoms. The van der Waals surface area contributed by atoms with Crippen molar-refractivity contribution >= 4 is 28.7 Å². The Labute approximate surface area is 145 Å². The first kappa shape index (κ1) is 17.0. The number of carboxylic acid groups (broad SMARTS) is 1. The largest absolute Gasteiger partial charge is 0.481 e. The Bertz CT molecular complexity index is 757. The highest BCUT2D eigenvalue weighted by Gasteiger charge is 2.24. The minimum Gasteiger partial charge on any atom is -0.481 e. The van der Waals surface area contributed by atoms with Gasteiger partial charge in [0.05, 0.1) is 6.42 Å². The fourth-order valence-corrected chi connectivity index (χ4v) is 3.10. The number of aromatic amines is 1. The van der Waals surface area contributed by atoms with E-state index in [1.165, 1.54) is 0 Å². The summed E-state index contributed by atoms with van der Waals surface area (Å²) in [6.07, 6.45) is 1.23. The minimum atomic E-state index is -0.964. The molecule has 0 atom stereocenters. The molecule has 2 aromatic rings. The summed E-state index contributed by atoms with van der Waals surface area (Å²) in [4.78, 5) is 39.6. The van der Waals surface area contributed by atoms with Crippen LogP contribution in [0.4, 0.5) is 0 Å². The molecule has 2 heterocycles. The summed E-state index contributed by atoms with van der Waals surface area (Å²) in [5.74, 6) is -1.25. The van der Waals surface area contributed by atoms with E-state index in [2.05, 4.69) is 10.3 Å². The Morgan fingerprint density at radius 2 is 1.88 bits per heavy atom. The van der Waals surface area contributed by atoms with E-state index in [9.17, 15) is 14.4 Å². The van der Waals surface area contributed by atoms with Gasteiger partial charge in [0, 0.05) is 36.5 Å². The number of hydrogen-bond donors (Lipinski definition) is 3. The predicted octanol–water partition coefficient (Wildman–Crippen LogP) is 1.75. The summed E-state index contributed by atoms with van der Waals surface area (Å²) in [6, 6.07) is 9.56. The van der Waals surface area contributed by atoms with Crippen LogP contribution >= 0.6 is 0 Å². The monoisotopic (exact) mass is 343 g/mol. The van der Waals surface area contributed by atoms with Crippen LogP contribution in [0.25, 0.3) is 10.9 Å². The molecule has 25 heavy (non-hydrogen) atoms. The number of likely N-dealkylation sites (tertiary alicyclic amines) is 1. The van der Waals surface area contributed by atoms with Crippen LogP contribution < -0.4 is 5.32 Å². The van der Waals surface area contributed by atoms with Crippen LogP contribution in [-0.4, -0.2) is 51.9 Å². The Balaban J connectivity index is 1.50. The SMILES string of the molecule is O=C(O)CCC(=O)N1CCC(NC(=O)c2cc3ccccc3[nH]2)CC1. The molecule has 0 aliphatic carbocycles. The van der Waals surface area contributed by atoms with E-state index in [4.69, 9.17) is 5.11 Å². The summed E-state index contributed by atoms with van der Waals surface area (Å²) in [7, 11) is 0. The number of rotatable bonds is 5. The lowest BCUT2D eigenvalue weighted by molar-refractivity contribution is -0.141. The zero-order valence-corrected chi connectivity index (χ0v) is 13.8. The average Bonchev–Trinajstić information content (AvgIpc) is 3.04. The van der Waals surface area contributed by atoms with Crippen molar-refractivity contribution < 1.29 is 19.5 Å². The molecule has 7 nitrogen and oxygen atoms in total. The molecule has 0 saturated carbocycles. The van der Waals surface area contributed by atoms with Crippen molar-refractivity contribution in [2.24, 2.45) is 0 Å². The summed E-state index contributed by atoms with van der Waals surface area (Å²) in [6.45, 7) is 1.08. The van der Waals surface area contributed by atoms with Crippen LogP contribution in [0.3, 0.4) is 0 Å². The molecule has 2 amide bonds. The molecular weight excluding hydrogens is 322 g/mol. The van der Waals surface area contributed by atoms with Gasteiger partial charge in [-0.2, -0.15) is 0 Å². The van der Waals surface area contributed by atoms with E-state index in [1.54, 1.807) is 4.90 Å². The van der Waals surface area contributed by atoms with Gasteiger partial charge in [-0.15, -0.1) is 0 Å². The van der Waals surface area contributed by atoms with Gasteiger partial charge in [-0.3, -0.25) is 14.4 Å². The van der Waals surface area contributed by atoms with Gasteiger partial charge in [0.1, 0.15) is 5.69 Å². The molecule has 1 aliphatic heterocycles. The van der Waals surface area contributed by atoms with Crippen molar-refractivity contribution in [2.75, 3.05) is 13.1 Å². The first-order chi connectivity index (χ1) is 12.0. The van der Waals surface area contributed by atoms with Crippen LogP contribution in [-0.2, 0) is 9.59 Å². The number of aromatic nitrogens is 1. The second kappa shape index (κ2) is 7.38. The summed E-state index contributed by atoms with van der Waals surface area (Å²) in [5.41, 5.74) is 1.45. The molecule has 1 fully saturated rings. The number of hydrogen-bond acceptors (Lipinski definition) is 3. The van der Waals surface area contributed by atoms with Crippen LogP contribution in [0.2, 0.25) is 0 Å². The average molecular weight is 343 g/mol. The number of benzene rings is 1. The summed E-state index contributed by atoms with van der Waals surface area (Å²) < 4.78 is 0. The standard InChI is InChI=1S/C18H21N3O4/c22-16(5-6-17(23)24)21-9-7-13(8-10-21)19-18(25)15-11-12-3-1-2-4-14(12)20-15/h1-4,11,13,20H,5-10H2,(H,19,25)(H,23,24). The van der Waals surface area contributed by atoms with Gasteiger partial charge >= 0.3 is 5.97 Å². The summed E-state index contributed by atoms with van der Waals surface area (Å²) in [5, 5.41) is 12.6. The Morgan fingerprint density at radius 3 is 2.56 bits per heavy atom. The van der Waals surface area contributed by atoms with E-state index in [0.29, 0.717) is 31.6 Å². The highest BCUT2D eigenvalue weighted by Crippen LogP contribution is 2.16. The molecule has 0 radical (unpaired) electrons. The number of nitrogens with one attached hydrogen (secondary N) is 2. The molecule has 1 aromatic heterocycles. The first-order valence-corrected chi connectivity index (χ1v) is 8.41. The number of piperidine rings is 1. The molecule has 7 heteroatoms. The number of H-pyrrole nitrogens is 1. The van der Waals surface area contributed by atoms with Crippen LogP contribution in [0.1, 0.15) is 36.2 Å². The lowest BCUT2D eigenvalue weighted by Crippen LogP contribution is -2.46. The Kier molecular flexibility index (Phi) is 5.02. The highest BCUT2D eigenvalue weighted by molar-refractivity contribution is 5.98. The van der Waals surface area contributed by atoms with E-state index in [0.717, 1.165) is 10.9 Å². The number of carbonyl (C=O) groups excluding carboxylic acids is 2. The van der Waals surface area contributed by atoms with Crippen molar-refractivity contribution in [3.05, 3.63) is 36.0 Å². The van der Waals surface area contributed by atoms with Crippen LogP contribution in [0.5, 0.6) is 0 Å². The van der Waals surface area contributed by atoms with Gasteiger partial charge in [0.2, 0.25) is 5.91 Å². The number of aliphatic carboxylic acids is 1. The lowest BCUT2D eigenvalue weighted by Gasteiger charge is -2.32. The second-order valence-corrected chi connectivity index (χ2v) is 6.29. The molecule has 132 valence electrons. The van der Waals surface area contributed by atoms with Crippen LogP contribution in [0.15, 0.2) is 30.3 Å². The van der Waals surface area contributed by atoms with Gasteiger partial charge < -0.3 is 20.3 Å². The molecule has 1 aromatic carbocycles. The van der Waals surface area contributed by atoms with Gasteiger partial charge in [0.15, 0.2) is 0 Å². The molecular formula is C18H21N3O4. The van der Waals surface area contributed by atoms with Gasteiger partial charge in [0.25, 0.3) is 5.91 Å². The van der Waals surface area contributed by atoms with Crippen molar-refractivity contribution in [3.63, 3.8) is 0 Å². The van der Waals surface area contributed by atoms with Crippen molar-refractivity contribution in [2.45, 2.75) is 31.7 Å². The molecule has 1 aliphatic rings. The zero-order chi connectivity index (χ0) is 17.8. The number of fused-ring (bicyclic) bond motifs is 1. The molecule has 1 saturated heterocycles. The third-order valence-corrected chi connectivity index (χ3v) is 4.51. The number of carbonyl (C=O) groups is 3. The highest BCUT2D eigenvalue weighted by atomic mass is 16.4. The Hall–Kier alpha value is -2.83. The van der Waals surface area contributed by atoms with E-state index < -0.39 is 5.97 Å². The molecule has 0 bridgehead atoms. The van der Waals surface area contributed by atoms with Crippen molar-refractivity contribution in [1.82, 2.24) is 15.2 Å². The van der Waals surface area contributed by atoms with E-state index in [-0.39, 0.29) is 30.7 Å². The van der Waals surface area contributed by atoms with E-state index >= 15 is 0 Å². The maximum atomic E-state index is 12.4. The summed E-state index contributed by atoms with van der Waals surface area (Å²) >= 11 is 0. The molecule has 3 rings (SSSR count). The number of amides is 2. The Morgan fingerprint density at radius 1 is 1.16 bits per heavy atom. The maximum absolute atomic E-state index is 12.4. The van der Waals surface area contributed by atoms with Gasteiger partial charge in [-0.25, -0.2) is 0 Å². The third kappa shape index (κ3) is 4.17. The number of carboxylic acids is 1. The fraction of sp³-hybridized carbons (Fsp3) is 0.389. The fourth-order valence-electron chi connectivity index (χ4n) is 3.10. The van der Waals surface area contributed by atoms with Gasteiger partial charge in [-0.1, -0.05) is 18.2 Å².